The van der Waals surface area contributed by atoms with E-state index in [1.807, 2.05) is 20.8 Å². The third-order valence-corrected chi connectivity index (χ3v) is 3.56. The van der Waals surface area contributed by atoms with E-state index in [1.54, 1.807) is 4.90 Å². The van der Waals surface area contributed by atoms with Crippen LogP contribution in [0.3, 0.4) is 0 Å². The van der Waals surface area contributed by atoms with E-state index in [2.05, 4.69) is 13.8 Å². The molecule has 0 unspecified atom stereocenters. The van der Waals surface area contributed by atoms with E-state index in [-0.39, 0.29) is 29.4 Å². The van der Waals surface area contributed by atoms with E-state index in [9.17, 15) is 9.59 Å². The van der Waals surface area contributed by atoms with Gasteiger partial charge in [-0.1, -0.05) is 13.8 Å². The molecular weight excluding hydrogens is 218 g/mol. The van der Waals surface area contributed by atoms with Gasteiger partial charge in [-0.3, -0.25) is 9.69 Å². The smallest absolute Gasteiger partial charge is 0.411 e. The maximum atomic E-state index is 12.0. The monoisotopic (exact) mass is 239 g/mol. The number of rotatable bonds is 0. The fourth-order valence-corrected chi connectivity index (χ4v) is 2.65. The third-order valence-electron chi connectivity index (χ3n) is 3.56. The molecule has 0 aromatic rings. The van der Waals surface area contributed by atoms with Crippen molar-refractivity contribution in [2.75, 3.05) is 0 Å². The van der Waals surface area contributed by atoms with Crippen LogP contribution in [0.25, 0.3) is 0 Å². The highest BCUT2D eigenvalue weighted by atomic mass is 16.6. The first-order chi connectivity index (χ1) is 7.63. The Balaban J connectivity index is 2.10. The van der Waals surface area contributed by atoms with Crippen LogP contribution >= 0.6 is 0 Å². The van der Waals surface area contributed by atoms with E-state index in [4.69, 9.17) is 4.74 Å². The summed E-state index contributed by atoms with van der Waals surface area (Å²) in [6.07, 6.45) is 1.08. The standard InChI is InChI=1S/C13H21NO3/c1-12(2,3)17-11(16)14-9-8(15)6-7-13(4,5)10(9)14/h9-10H,6-7H2,1-5H3/t9-,10-,14?/m1/s1. The normalized spacial score (nSPS) is 30.9. The molecule has 2 atom stereocenters. The van der Waals surface area contributed by atoms with Crippen molar-refractivity contribution in [2.24, 2.45) is 5.41 Å². The van der Waals surface area contributed by atoms with Crippen molar-refractivity contribution in [1.82, 2.24) is 4.90 Å². The zero-order valence-corrected chi connectivity index (χ0v) is 11.2. The predicted molar refractivity (Wildman–Crippen MR) is 63.7 cm³/mol. The van der Waals surface area contributed by atoms with Gasteiger partial charge in [0.2, 0.25) is 0 Å². The molecule has 4 nitrogen and oxygen atoms in total. The summed E-state index contributed by atoms with van der Waals surface area (Å²) in [5, 5.41) is 0. The van der Waals surface area contributed by atoms with Crippen LogP contribution in [-0.4, -0.2) is 34.5 Å². The summed E-state index contributed by atoms with van der Waals surface area (Å²) in [5.74, 6) is 0.181. The van der Waals surface area contributed by atoms with Crippen LogP contribution in [0.2, 0.25) is 0 Å². The number of likely N-dealkylation sites (tertiary alicyclic amines) is 1. The molecule has 0 radical (unpaired) electrons. The number of amides is 1. The molecule has 2 rings (SSSR count). The molecule has 0 aromatic heterocycles. The zero-order chi connectivity index (χ0) is 13.0. The predicted octanol–water partition coefficient (Wildman–Crippen LogP) is 2.36. The van der Waals surface area contributed by atoms with Crippen molar-refractivity contribution in [3.8, 4) is 0 Å². The van der Waals surface area contributed by atoms with Gasteiger partial charge >= 0.3 is 6.09 Å². The van der Waals surface area contributed by atoms with E-state index in [1.165, 1.54) is 0 Å². The molecule has 1 amide bonds. The fourth-order valence-electron chi connectivity index (χ4n) is 2.65. The number of ketones is 1. The molecular formula is C13H21NO3. The molecule has 0 N–H and O–H groups in total. The number of fused-ring (bicyclic) bond motifs is 1. The lowest BCUT2D eigenvalue weighted by atomic mass is 9.77. The second-order valence-corrected chi connectivity index (χ2v) is 6.73. The van der Waals surface area contributed by atoms with Gasteiger partial charge in [0.05, 0.1) is 6.04 Å². The molecule has 0 bridgehead atoms. The highest BCUT2D eigenvalue weighted by molar-refractivity contribution is 5.94. The van der Waals surface area contributed by atoms with Crippen molar-refractivity contribution in [1.29, 1.82) is 0 Å². The summed E-state index contributed by atoms with van der Waals surface area (Å²) in [6, 6.07) is -0.188. The van der Waals surface area contributed by atoms with Gasteiger partial charge in [0.1, 0.15) is 11.6 Å². The number of ether oxygens (including phenoxy) is 1. The van der Waals surface area contributed by atoms with Crippen LogP contribution in [0.4, 0.5) is 4.79 Å². The average Bonchev–Trinajstić information content (AvgIpc) is 2.85. The van der Waals surface area contributed by atoms with Crippen molar-refractivity contribution < 1.29 is 14.3 Å². The summed E-state index contributed by atoms with van der Waals surface area (Å²) in [5.41, 5.74) is -0.481. The number of carbonyl (C=O) groups is 2. The van der Waals surface area contributed by atoms with Crippen molar-refractivity contribution in [3.05, 3.63) is 0 Å². The Kier molecular flexibility index (Phi) is 2.53. The maximum Gasteiger partial charge on any atom is 0.411 e. The van der Waals surface area contributed by atoms with Gasteiger partial charge in [-0.2, -0.15) is 0 Å². The highest BCUT2D eigenvalue weighted by Crippen LogP contribution is 2.49. The molecule has 2 fully saturated rings. The highest BCUT2D eigenvalue weighted by Gasteiger charge is 2.64. The molecule has 0 spiro atoms. The van der Waals surface area contributed by atoms with Crippen molar-refractivity contribution >= 4 is 11.9 Å². The molecule has 4 heteroatoms. The summed E-state index contributed by atoms with van der Waals surface area (Å²) < 4.78 is 5.33. The summed E-state index contributed by atoms with van der Waals surface area (Å²) in [4.78, 5) is 25.3. The Bertz CT molecular complexity index is 367. The van der Waals surface area contributed by atoms with Gasteiger partial charge in [-0.05, 0) is 32.6 Å². The Morgan fingerprint density at radius 2 is 2.00 bits per heavy atom. The van der Waals surface area contributed by atoms with Gasteiger partial charge in [0.25, 0.3) is 0 Å². The summed E-state index contributed by atoms with van der Waals surface area (Å²) in [6.45, 7) is 9.74. The molecule has 1 aliphatic heterocycles. The number of hydrogen-bond donors (Lipinski definition) is 0. The SMILES string of the molecule is CC(C)(C)OC(=O)N1[C@@H]2C(=O)CCC(C)(C)[C@@H]21. The van der Waals surface area contributed by atoms with Gasteiger partial charge < -0.3 is 4.74 Å². The minimum absolute atomic E-state index is 0.0233. The second kappa shape index (κ2) is 3.47. The Hall–Kier alpha value is -1.06. The summed E-state index contributed by atoms with van der Waals surface area (Å²) >= 11 is 0. The Morgan fingerprint density at radius 1 is 1.41 bits per heavy atom. The molecule has 0 aromatic carbocycles. The molecule has 17 heavy (non-hydrogen) atoms. The van der Waals surface area contributed by atoms with Gasteiger partial charge in [-0.25, -0.2) is 4.79 Å². The largest absolute Gasteiger partial charge is 0.444 e. The minimum Gasteiger partial charge on any atom is -0.444 e. The number of hydrogen-bond acceptors (Lipinski definition) is 3. The Labute approximate surface area is 102 Å². The van der Waals surface area contributed by atoms with Gasteiger partial charge in [-0.15, -0.1) is 0 Å². The van der Waals surface area contributed by atoms with E-state index in [0.29, 0.717) is 6.42 Å². The fraction of sp³-hybridized carbons (Fsp3) is 0.846. The van der Waals surface area contributed by atoms with Gasteiger partial charge in [0.15, 0.2) is 5.78 Å². The van der Waals surface area contributed by atoms with Crippen LogP contribution in [-0.2, 0) is 9.53 Å². The summed E-state index contributed by atoms with van der Waals surface area (Å²) in [7, 11) is 0. The first-order valence-corrected chi connectivity index (χ1v) is 6.17. The number of nitrogens with zero attached hydrogens (tertiary/aromatic N) is 1. The molecule has 1 saturated heterocycles. The van der Waals surface area contributed by atoms with Crippen LogP contribution in [0.5, 0.6) is 0 Å². The van der Waals surface area contributed by atoms with E-state index in [0.717, 1.165) is 6.42 Å². The van der Waals surface area contributed by atoms with E-state index >= 15 is 0 Å². The zero-order valence-electron chi connectivity index (χ0n) is 11.2. The minimum atomic E-state index is -0.504. The molecule has 1 saturated carbocycles. The number of Topliss-reactive ketones (excluding diaryl/α,β-unsaturated/α-hetero) is 1. The van der Waals surface area contributed by atoms with E-state index < -0.39 is 5.60 Å². The van der Waals surface area contributed by atoms with Crippen LogP contribution in [0.15, 0.2) is 0 Å². The van der Waals surface area contributed by atoms with Crippen LogP contribution < -0.4 is 0 Å². The van der Waals surface area contributed by atoms with Crippen LogP contribution in [0, 0.1) is 5.41 Å². The molecule has 1 aliphatic carbocycles. The van der Waals surface area contributed by atoms with Crippen LogP contribution in [0.1, 0.15) is 47.5 Å². The molecule has 96 valence electrons. The lowest BCUT2D eigenvalue weighted by molar-refractivity contribution is -0.120. The van der Waals surface area contributed by atoms with Gasteiger partial charge in [0, 0.05) is 6.42 Å². The third kappa shape index (κ3) is 2.17. The lowest BCUT2D eigenvalue weighted by Gasteiger charge is -2.26. The first-order valence-electron chi connectivity index (χ1n) is 6.17. The topological polar surface area (TPSA) is 46.4 Å². The molecule has 2 aliphatic rings. The second-order valence-electron chi connectivity index (χ2n) is 6.73. The van der Waals surface area contributed by atoms with Crippen molar-refractivity contribution in [3.63, 3.8) is 0 Å². The number of carbonyl (C=O) groups excluding carboxylic acids is 2. The van der Waals surface area contributed by atoms with Crippen molar-refractivity contribution in [2.45, 2.75) is 65.1 Å². The quantitative estimate of drug-likeness (QED) is 0.610. The average molecular weight is 239 g/mol. The first kappa shape index (κ1) is 12.4. The lowest BCUT2D eigenvalue weighted by Crippen LogP contribution is -2.31. The molecule has 1 heterocycles. The maximum absolute atomic E-state index is 12.0. The Morgan fingerprint density at radius 3 is 2.47 bits per heavy atom.